The number of carbonyl (C=O) groups excluding carboxylic acids is 1. The van der Waals surface area contributed by atoms with E-state index in [9.17, 15) is 9.59 Å². The number of esters is 1. The van der Waals surface area contributed by atoms with Gasteiger partial charge in [-0.25, -0.2) is 0 Å². The lowest BCUT2D eigenvalue weighted by Crippen LogP contribution is -2.32. The minimum absolute atomic E-state index is 0.216. The molecule has 0 bridgehead atoms. The number of hydrogen-bond donors (Lipinski definition) is 2. The van der Waals surface area contributed by atoms with Gasteiger partial charge < -0.3 is 15.6 Å². The van der Waals surface area contributed by atoms with Crippen LogP contribution in [-0.2, 0) is 14.3 Å². The summed E-state index contributed by atoms with van der Waals surface area (Å²) in [5.74, 6) is -1.92. The van der Waals surface area contributed by atoms with E-state index >= 15 is 0 Å². The van der Waals surface area contributed by atoms with Crippen LogP contribution >= 0.6 is 0 Å². The maximum atomic E-state index is 12.3. The predicted molar refractivity (Wildman–Crippen MR) is 79.9 cm³/mol. The van der Waals surface area contributed by atoms with E-state index in [0.717, 1.165) is 5.56 Å². The first-order chi connectivity index (χ1) is 9.70. The maximum Gasteiger partial charge on any atom is 0.320 e. The zero-order chi connectivity index (χ0) is 16.0. The number of hydrogen-bond acceptors (Lipinski definition) is 4. The van der Waals surface area contributed by atoms with Gasteiger partial charge in [0.15, 0.2) is 0 Å². The molecule has 0 heterocycles. The highest BCUT2D eigenvalue weighted by Gasteiger charge is 2.27. The van der Waals surface area contributed by atoms with E-state index in [0.29, 0.717) is 6.42 Å². The summed E-state index contributed by atoms with van der Waals surface area (Å²) in [5.41, 5.74) is 5.74. The first kappa shape index (κ1) is 17.2. The summed E-state index contributed by atoms with van der Waals surface area (Å²) in [4.78, 5) is 23.1. The third-order valence-corrected chi connectivity index (χ3v) is 2.98. The Kier molecular flexibility index (Phi) is 5.90. The van der Waals surface area contributed by atoms with Gasteiger partial charge in [-0.15, -0.1) is 0 Å². The first-order valence-corrected chi connectivity index (χ1v) is 6.97. The Bertz CT molecular complexity index is 479. The lowest BCUT2D eigenvalue weighted by Gasteiger charge is -2.24. The molecule has 0 radical (unpaired) electrons. The summed E-state index contributed by atoms with van der Waals surface area (Å²) >= 11 is 0. The lowest BCUT2D eigenvalue weighted by molar-refractivity contribution is -0.157. The number of carbonyl (C=O) groups is 2. The van der Waals surface area contributed by atoms with Crippen LogP contribution in [0.1, 0.15) is 45.1 Å². The number of rotatable bonds is 6. The van der Waals surface area contributed by atoms with Crippen molar-refractivity contribution in [2.75, 3.05) is 0 Å². The van der Waals surface area contributed by atoms with E-state index in [1.807, 2.05) is 30.3 Å². The summed E-state index contributed by atoms with van der Waals surface area (Å²) in [5, 5.41) is 8.85. The Balaban J connectivity index is 2.85. The quantitative estimate of drug-likeness (QED) is 0.785. The molecule has 21 heavy (non-hydrogen) atoms. The van der Waals surface area contributed by atoms with Crippen LogP contribution in [0.3, 0.4) is 0 Å². The van der Waals surface area contributed by atoms with Gasteiger partial charge in [0.2, 0.25) is 0 Å². The van der Waals surface area contributed by atoms with Gasteiger partial charge >= 0.3 is 11.9 Å². The normalized spacial score (nSPS) is 14.3. The van der Waals surface area contributed by atoms with Gasteiger partial charge in [0.25, 0.3) is 0 Å². The van der Waals surface area contributed by atoms with E-state index in [4.69, 9.17) is 15.6 Å². The topological polar surface area (TPSA) is 89.6 Å². The van der Waals surface area contributed by atoms with Crippen molar-refractivity contribution in [2.24, 2.45) is 5.73 Å². The van der Waals surface area contributed by atoms with Gasteiger partial charge in [-0.05, 0) is 39.2 Å². The first-order valence-electron chi connectivity index (χ1n) is 6.97. The van der Waals surface area contributed by atoms with Crippen molar-refractivity contribution >= 4 is 11.9 Å². The van der Waals surface area contributed by atoms with Crippen LogP contribution in [0.2, 0.25) is 0 Å². The van der Waals surface area contributed by atoms with Crippen LogP contribution < -0.4 is 5.73 Å². The molecule has 0 aromatic heterocycles. The van der Waals surface area contributed by atoms with Crippen molar-refractivity contribution in [2.45, 2.75) is 51.2 Å². The van der Waals surface area contributed by atoms with Gasteiger partial charge in [-0.1, -0.05) is 30.3 Å². The molecule has 1 aromatic carbocycles. The number of nitrogens with two attached hydrogens (primary N) is 1. The van der Waals surface area contributed by atoms with Crippen LogP contribution in [0.15, 0.2) is 30.3 Å². The van der Waals surface area contributed by atoms with Crippen LogP contribution in [0.4, 0.5) is 0 Å². The van der Waals surface area contributed by atoms with Crippen molar-refractivity contribution in [3.05, 3.63) is 35.9 Å². The molecule has 0 aliphatic rings. The summed E-state index contributed by atoms with van der Waals surface area (Å²) in [6.45, 7) is 5.40. The number of carboxylic acid groups (broad SMARTS) is 1. The second-order valence-electron chi connectivity index (χ2n) is 6.02. The zero-order valence-corrected chi connectivity index (χ0v) is 12.7. The van der Waals surface area contributed by atoms with Gasteiger partial charge in [0.1, 0.15) is 11.6 Å². The fraction of sp³-hybridized carbons (Fsp3) is 0.500. The fourth-order valence-electron chi connectivity index (χ4n) is 1.95. The predicted octanol–water partition coefficient (Wildman–Crippen LogP) is 2.30. The lowest BCUT2D eigenvalue weighted by atomic mass is 9.92. The molecular weight excluding hydrogens is 270 g/mol. The number of ether oxygens (including phenoxy) is 1. The molecule has 0 unspecified atom stereocenters. The molecular formula is C16H23NO4. The SMILES string of the molecule is CC(C)(C)OC(=O)[C@H](CC[C@@H](N)C(=O)O)c1ccccc1. The van der Waals surface area contributed by atoms with Crippen molar-refractivity contribution in [3.63, 3.8) is 0 Å². The Morgan fingerprint density at radius 1 is 1.19 bits per heavy atom. The Hall–Kier alpha value is -1.88. The average Bonchev–Trinajstić information content (AvgIpc) is 2.37. The molecule has 0 saturated heterocycles. The molecule has 116 valence electrons. The molecule has 0 spiro atoms. The fourth-order valence-corrected chi connectivity index (χ4v) is 1.95. The molecule has 1 rings (SSSR count). The van der Waals surface area contributed by atoms with Crippen LogP contribution in [0, 0.1) is 0 Å². The summed E-state index contributed by atoms with van der Waals surface area (Å²) in [6, 6.07) is 8.23. The second kappa shape index (κ2) is 7.22. The Morgan fingerprint density at radius 3 is 2.24 bits per heavy atom. The highest BCUT2D eigenvalue weighted by molar-refractivity contribution is 5.79. The average molecular weight is 293 g/mol. The van der Waals surface area contributed by atoms with Gasteiger partial charge in [0.05, 0.1) is 5.92 Å². The highest BCUT2D eigenvalue weighted by Crippen LogP contribution is 2.25. The Morgan fingerprint density at radius 2 is 1.76 bits per heavy atom. The van der Waals surface area contributed by atoms with Gasteiger partial charge in [0, 0.05) is 0 Å². The van der Waals surface area contributed by atoms with Crippen molar-refractivity contribution < 1.29 is 19.4 Å². The summed E-state index contributed by atoms with van der Waals surface area (Å²) in [6.07, 6.45) is 0.556. The van der Waals surface area contributed by atoms with E-state index in [-0.39, 0.29) is 12.4 Å². The van der Waals surface area contributed by atoms with Crippen molar-refractivity contribution in [1.29, 1.82) is 0 Å². The van der Waals surface area contributed by atoms with Crippen LogP contribution in [-0.4, -0.2) is 28.7 Å². The Labute approximate surface area is 125 Å². The molecule has 3 N–H and O–H groups in total. The van der Waals surface area contributed by atoms with Crippen molar-refractivity contribution in [1.82, 2.24) is 0 Å². The standard InChI is InChI=1S/C16H23NO4/c1-16(2,3)21-15(20)12(9-10-13(17)14(18)19)11-7-5-4-6-8-11/h4-8,12-13H,9-10,17H2,1-3H3,(H,18,19)/t12-,13-/m1/s1. The van der Waals surface area contributed by atoms with Gasteiger partial charge in [-0.2, -0.15) is 0 Å². The molecule has 0 fully saturated rings. The second-order valence-corrected chi connectivity index (χ2v) is 6.02. The van der Waals surface area contributed by atoms with Crippen LogP contribution in [0.25, 0.3) is 0 Å². The van der Waals surface area contributed by atoms with Crippen molar-refractivity contribution in [3.8, 4) is 0 Å². The van der Waals surface area contributed by atoms with E-state index in [1.165, 1.54) is 0 Å². The molecule has 1 aromatic rings. The minimum Gasteiger partial charge on any atom is -0.480 e. The molecule has 0 amide bonds. The molecule has 5 heteroatoms. The molecule has 2 atom stereocenters. The number of carboxylic acids is 1. The minimum atomic E-state index is -1.06. The third kappa shape index (κ3) is 5.95. The zero-order valence-electron chi connectivity index (χ0n) is 12.7. The van der Waals surface area contributed by atoms with Crippen LogP contribution in [0.5, 0.6) is 0 Å². The maximum absolute atomic E-state index is 12.3. The van der Waals surface area contributed by atoms with E-state index in [2.05, 4.69) is 0 Å². The van der Waals surface area contributed by atoms with Gasteiger partial charge in [-0.3, -0.25) is 9.59 Å². The number of aliphatic carboxylic acids is 1. The third-order valence-electron chi connectivity index (χ3n) is 2.98. The molecule has 0 saturated carbocycles. The van der Waals surface area contributed by atoms with E-state index < -0.39 is 23.5 Å². The molecule has 0 aliphatic carbocycles. The monoisotopic (exact) mass is 293 g/mol. The smallest absolute Gasteiger partial charge is 0.320 e. The number of benzene rings is 1. The summed E-state index contributed by atoms with van der Waals surface area (Å²) in [7, 11) is 0. The van der Waals surface area contributed by atoms with E-state index in [1.54, 1.807) is 20.8 Å². The molecule has 0 aliphatic heterocycles. The largest absolute Gasteiger partial charge is 0.480 e. The molecule has 5 nitrogen and oxygen atoms in total. The summed E-state index contributed by atoms with van der Waals surface area (Å²) < 4.78 is 5.42. The highest BCUT2D eigenvalue weighted by atomic mass is 16.6.